The number of hydrogen-bond acceptors (Lipinski definition) is 2. The highest BCUT2D eigenvalue weighted by Gasteiger charge is 2.25. The molecular formula is C18H27FN2O. The lowest BCUT2D eigenvalue weighted by atomic mass is 9.94. The largest absolute Gasteiger partial charge is 0.342 e. The Morgan fingerprint density at radius 1 is 1.41 bits per heavy atom. The van der Waals surface area contributed by atoms with Crippen LogP contribution in [0.5, 0.6) is 0 Å². The highest BCUT2D eigenvalue weighted by molar-refractivity contribution is 5.78. The molecule has 1 aliphatic heterocycles. The number of amides is 1. The van der Waals surface area contributed by atoms with E-state index in [0.29, 0.717) is 12.3 Å². The molecule has 0 radical (unpaired) electrons. The SMILES string of the molecule is CCNCC1CCN(C(=O)C(C)Cc2cccc(F)c2)CC1. The van der Waals surface area contributed by atoms with Crippen molar-refractivity contribution in [3.05, 3.63) is 35.6 Å². The smallest absolute Gasteiger partial charge is 0.225 e. The molecule has 3 nitrogen and oxygen atoms in total. The van der Waals surface area contributed by atoms with Gasteiger partial charge in [0, 0.05) is 19.0 Å². The van der Waals surface area contributed by atoms with E-state index in [1.165, 1.54) is 12.1 Å². The first-order chi connectivity index (χ1) is 10.6. The lowest BCUT2D eigenvalue weighted by Gasteiger charge is -2.33. The summed E-state index contributed by atoms with van der Waals surface area (Å²) < 4.78 is 13.2. The summed E-state index contributed by atoms with van der Waals surface area (Å²) >= 11 is 0. The fourth-order valence-corrected chi connectivity index (χ4v) is 3.12. The van der Waals surface area contributed by atoms with E-state index in [1.54, 1.807) is 6.07 Å². The normalized spacial score (nSPS) is 17.5. The molecule has 0 saturated carbocycles. The Balaban J connectivity index is 1.81. The molecule has 1 aliphatic rings. The summed E-state index contributed by atoms with van der Waals surface area (Å²) in [6.45, 7) is 7.82. The number of likely N-dealkylation sites (tertiary alicyclic amines) is 1. The second-order valence-electron chi connectivity index (χ2n) is 6.31. The summed E-state index contributed by atoms with van der Waals surface area (Å²) in [5, 5.41) is 3.38. The van der Waals surface area contributed by atoms with Crippen molar-refractivity contribution in [1.29, 1.82) is 0 Å². The fraction of sp³-hybridized carbons (Fsp3) is 0.611. The number of carbonyl (C=O) groups is 1. The molecule has 1 aromatic carbocycles. The minimum Gasteiger partial charge on any atom is -0.342 e. The number of carbonyl (C=O) groups excluding carboxylic acids is 1. The average molecular weight is 306 g/mol. The van der Waals surface area contributed by atoms with Gasteiger partial charge >= 0.3 is 0 Å². The molecule has 0 aliphatic carbocycles. The van der Waals surface area contributed by atoms with Gasteiger partial charge in [-0.25, -0.2) is 4.39 Å². The zero-order valence-corrected chi connectivity index (χ0v) is 13.6. The predicted octanol–water partition coefficient (Wildman–Crippen LogP) is 2.85. The van der Waals surface area contributed by atoms with Crippen molar-refractivity contribution in [1.82, 2.24) is 10.2 Å². The van der Waals surface area contributed by atoms with Crippen molar-refractivity contribution in [3.63, 3.8) is 0 Å². The summed E-state index contributed by atoms with van der Waals surface area (Å²) in [4.78, 5) is 14.5. The quantitative estimate of drug-likeness (QED) is 0.876. The van der Waals surface area contributed by atoms with E-state index in [1.807, 2.05) is 17.9 Å². The van der Waals surface area contributed by atoms with E-state index >= 15 is 0 Å². The van der Waals surface area contributed by atoms with Gasteiger partial charge in [0.05, 0.1) is 0 Å². The van der Waals surface area contributed by atoms with Crippen LogP contribution >= 0.6 is 0 Å². The number of nitrogens with one attached hydrogen (secondary N) is 1. The Morgan fingerprint density at radius 3 is 2.77 bits per heavy atom. The summed E-state index contributed by atoms with van der Waals surface area (Å²) in [6.07, 6.45) is 2.75. The zero-order valence-electron chi connectivity index (χ0n) is 13.6. The molecule has 22 heavy (non-hydrogen) atoms. The highest BCUT2D eigenvalue weighted by Crippen LogP contribution is 2.20. The number of piperidine rings is 1. The number of rotatable bonds is 6. The van der Waals surface area contributed by atoms with Crippen LogP contribution < -0.4 is 5.32 Å². The van der Waals surface area contributed by atoms with E-state index in [4.69, 9.17) is 0 Å². The summed E-state index contributed by atoms with van der Waals surface area (Å²) in [5.41, 5.74) is 0.892. The maximum Gasteiger partial charge on any atom is 0.225 e. The Kier molecular flexibility index (Phi) is 6.37. The molecule has 1 fully saturated rings. The monoisotopic (exact) mass is 306 g/mol. The molecule has 1 aromatic rings. The first-order valence-electron chi connectivity index (χ1n) is 8.34. The average Bonchev–Trinajstić information content (AvgIpc) is 2.52. The van der Waals surface area contributed by atoms with Crippen molar-refractivity contribution < 1.29 is 9.18 Å². The van der Waals surface area contributed by atoms with Crippen LogP contribution in [0.1, 0.15) is 32.3 Å². The lowest BCUT2D eigenvalue weighted by Crippen LogP contribution is -2.43. The Morgan fingerprint density at radius 2 is 2.14 bits per heavy atom. The van der Waals surface area contributed by atoms with Crippen LogP contribution in [0.25, 0.3) is 0 Å². The molecule has 1 atom stereocenters. The van der Waals surface area contributed by atoms with E-state index < -0.39 is 0 Å². The summed E-state index contributed by atoms with van der Waals surface area (Å²) in [6, 6.07) is 6.54. The van der Waals surface area contributed by atoms with Crippen molar-refractivity contribution >= 4 is 5.91 Å². The van der Waals surface area contributed by atoms with Gasteiger partial charge in [0.2, 0.25) is 5.91 Å². The maximum absolute atomic E-state index is 13.2. The van der Waals surface area contributed by atoms with Gasteiger partial charge in [-0.15, -0.1) is 0 Å². The Bertz CT molecular complexity index is 484. The Hall–Kier alpha value is -1.42. The van der Waals surface area contributed by atoms with Gasteiger partial charge in [-0.05, 0) is 56.0 Å². The highest BCUT2D eigenvalue weighted by atomic mass is 19.1. The topological polar surface area (TPSA) is 32.3 Å². The van der Waals surface area contributed by atoms with Crippen LogP contribution in [0.2, 0.25) is 0 Å². The minimum atomic E-state index is -0.235. The van der Waals surface area contributed by atoms with Gasteiger partial charge in [0.1, 0.15) is 5.82 Å². The van der Waals surface area contributed by atoms with E-state index in [-0.39, 0.29) is 17.6 Å². The van der Waals surface area contributed by atoms with Crippen LogP contribution in [0, 0.1) is 17.7 Å². The van der Waals surface area contributed by atoms with Crippen LogP contribution in [0.4, 0.5) is 4.39 Å². The number of halogens is 1. The van der Waals surface area contributed by atoms with Crippen LogP contribution in [0.15, 0.2) is 24.3 Å². The van der Waals surface area contributed by atoms with E-state index in [0.717, 1.165) is 44.6 Å². The molecular weight excluding hydrogens is 279 g/mol. The fourth-order valence-electron chi connectivity index (χ4n) is 3.12. The molecule has 0 bridgehead atoms. The van der Waals surface area contributed by atoms with Gasteiger partial charge in [0.15, 0.2) is 0 Å². The van der Waals surface area contributed by atoms with Gasteiger partial charge in [-0.3, -0.25) is 4.79 Å². The third kappa shape index (κ3) is 4.80. The van der Waals surface area contributed by atoms with E-state index in [2.05, 4.69) is 12.2 Å². The third-order valence-corrected chi connectivity index (χ3v) is 4.46. The molecule has 1 saturated heterocycles. The predicted molar refractivity (Wildman–Crippen MR) is 87.1 cm³/mol. The van der Waals surface area contributed by atoms with Crippen molar-refractivity contribution in [2.45, 2.75) is 33.1 Å². The molecule has 1 N–H and O–H groups in total. The molecule has 1 unspecified atom stereocenters. The summed E-state index contributed by atoms with van der Waals surface area (Å²) in [5.74, 6) is 0.558. The first-order valence-corrected chi connectivity index (χ1v) is 8.34. The zero-order chi connectivity index (χ0) is 15.9. The summed E-state index contributed by atoms with van der Waals surface area (Å²) in [7, 11) is 0. The van der Waals surface area contributed by atoms with Crippen LogP contribution in [-0.4, -0.2) is 37.0 Å². The molecule has 0 spiro atoms. The standard InChI is InChI=1S/C18H27FN2O/c1-3-20-13-15-7-9-21(10-8-15)18(22)14(2)11-16-5-4-6-17(19)12-16/h4-6,12,14-15,20H,3,7-11,13H2,1-2H3. The van der Waals surface area contributed by atoms with Gasteiger partial charge in [0.25, 0.3) is 0 Å². The molecule has 1 heterocycles. The van der Waals surface area contributed by atoms with Crippen molar-refractivity contribution in [2.24, 2.45) is 11.8 Å². The van der Waals surface area contributed by atoms with Gasteiger partial charge in [-0.1, -0.05) is 26.0 Å². The van der Waals surface area contributed by atoms with Crippen LogP contribution in [0.3, 0.4) is 0 Å². The van der Waals surface area contributed by atoms with E-state index in [9.17, 15) is 9.18 Å². The van der Waals surface area contributed by atoms with Gasteiger partial charge < -0.3 is 10.2 Å². The van der Waals surface area contributed by atoms with Crippen molar-refractivity contribution in [3.8, 4) is 0 Å². The molecule has 4 heteroatoms. The number of nitrogens with zero attached hydrogens (tertiary/aromatic N) is 1. The molecule has 1 amide bonds. The molecule has 122 valence electrons. The Labute approximate surface area is 132 Å². The number of hydrogen-bond donors (Lipinski definition) is 1. The molecule has 2 rings (SSSR count). The lowest BCUT2D eigenvalue weighted by molar-refractivity contribution is -0.136. The van der Waals surface area contributed by atoms with Gasteiger partial charge in [-0.2, -0.15) is 0 Å². The molecule has 0 aromatic heterocycles. The first kappa shape index (κ1) is 16.9. The second-order valence-corrected chi connectivity index (χ2v) is 6.31. The maximum atomic E-state index is 13.2. The van der Waals surface area contributed by atoms with Crippen LogP contribution in [-0.2, 0) is 11.2 Å². The minimum absolute atomic E-state index is 0.0906. The second kappa shape index (κ2) is 8.28. The third-order valence-electron chi connectivity index (χ3n) is 4.46. The van der Waals surface area contributed by atoms with Crippen molar-refractivity contribution in [2.75, 3.05) is 26.2 Å². The number of benzene rings is 1.